The Labute approximate surface area is 134 Å². The average Bonchev–Trinajstić information content (AvgIpc) is 2.96. The summed E-state index contributed by atoms with van der Waals surface area (Å²) >= 11 is 3.56. The summed E-state index contributed by atoms with van der Waals surface area (Å²) in [6.45, 7) is 2.19. The van der Waals surface area contributed by atoms with Crippen molar-refractivity contribution in [2.24, 2.45) is 0 Å². The number of halogens is 1. The number of benzene rings is 1. The average molecular weight is 348 g/mol. The van der Waals surface area contributed by atoms with Gasteiger partial charge in [0.25, 0.3) is 0 Å². The minimum Gasteiger partial charge on any atom is -0.353 e. The van der Waals surface area contributed by atoms with Gasteiger partial charge in [-0.2, -0.15) is 0 Å². The quantitative estimate of drug-likeness (QED) is 0.848. The van der Waals surface area contributed by atoms with Crippen molar-refractivity contribution in [3.63, 3.8) is 0 Å². The molecule has 0 unspecified atom stereocenters. The Hall–Kier alpha value is -1.29. The molecule has 1 aliphatic carbocycles. The first-order valence-electron chi connectivity index (χ1n) is 7.86. The maximum atomic E-state index is 4.52. The molecular formula is C17H22BrN3. The minimum absolute atomic E-state index is 0.570. The maximum Gasteiger partial charge on any atom is 0.207 e. The zero-order valence-corrected chi connectivity index (χ0v) is 14.1. The predicted molar refractivity (Wildman–Crippen MR) is 91.1 cm³/mol. The molecule has 21 heavy (non-hydrogen) atoms. The third-order valence-electron chi connectivity index (χ3n) is 4.26. The van der Waals surface area contributed by atoms with Gasteiger partial charge >= 0.3 is 0 Å². The van der Waals surface area contributed by atoms with Crippen molar-refractivity contribution in [3.05, 3.63) is 40.6 Å². The zero-order valence-electron chi connectivity index (χ0n) is 12.5. The van der Waals surface area contributed by atoms with Crippen molar-refractivity contribution < 1.29 is 0 Å². The number of aromatic nitrogens is 2. The van der Waals surface area contributed by atoms with Crippen LogP contribution in [-0.4, -0.2) is 15.6 Å². The van der Waals surface area contributed by atoms with E-state index in [0.29, 0.717) is 6.04 Å². The Kier molecular flexibility index (Phi) is 4.63. The summed E-state index contributed by atoms with van der Waals surface area (Å²) in [5, 5.41) is 3.63. The number of aryl methyl sites for hydroxylation is 1. The molecule has 1 fully saturated rings. The number of rotatable bonds is 4. The lowest BCUT2D eigenvalue weighted by Gasteiger charge is -2.24. The van der Waals surface area contributed by atoms with Crippen LogP contribution in [0.4, 0.5) is 5.95 Å². The van der Waals surface area contributed by atoms with E-state index < -0.39 is 0 Å². The predicted octanol–water partition coefficient (Wildman–Crippen LogP) is 4.94. The molecule has 112 valence electrons. The van der Waals surface area contributed by atoms with E-state index in [1.54, 1.807) is 0 Å². The molecule has 0 aliphatic heterocycles. The second-order valence-electron chi connectivity index (χ2n) is 5.73. The van der Waals surface area contributed by atoms with Gasteiger partial charge in [-0.1, -0.05) is 42.1 Å². The lowest BCUT2D eigenvalue weighted by atomic mass is 9.96. The van der Waals surface area contributed by atoms with Gasteiger partial charge in [-0.3, -0.25) is 4.57 Å². The molecule has 1 aromatic carbocycles. The highest BCUT2D eigenvalue weighted by molar-refractivity contribution is 9.10. The normalized spacial score (nSPS) is 16.1. The largest absolute Gasteiger partial charge is 0.353 e. The van der Waals surface area contributed by atoms with Gasteiger partial charge in [-0.15, -0.1) is 0 Å². The molecule has 1 heterocycles. The molecule has 0 spiro atoms. The molecule has 4 heteroatoms. The molecule has 0 atom stereocenters. The van der Waals surface area contributed by atoms with Gasteiger partial charge < -0.3 is 5.32 Å². The van der Waals surface area contributed by atoms with Crippen LogP contribution in [0.2, 0.25) is 0 Å². The lowest BCUT2D eigenvalue weighted by Crippen LogP contribution is -2.24. The van der Waals surface area contributed by atoms with Crippen LogP contribution in [0.25, 0.3) is 5.69 Å². The van der Waals surface area contributed by atoms with E-state index in [2.05, 4.69) is 55.9 Å². The van der Waals surface area contributed by atoms with Gasteiger partial charge in [-0.25, -0.2) is 4.98 Å². The standard InChI is InChI=1S/C17H22BrN3/c1-2-13-12-14(18)8-9-16(13)21-11-10-19-17(21)20-15-6-4-3-5-7-15/h8-12,15H,2-7H2,1H3,(H,19,20). The number of nitrogens with one attached hydrogen (secondary N) is 1. The van der Waals surface area contributed by atoms with Crippen molar-refractivity contribution in [1.29, 1.82) is 0 Å². The van der Waals surface area contributed by atoms with Crippen molar-refractivity contribution in [2.75, 3.05) is 5.32 Å². The number of anilines is 1. The Morgan fingerprint density at radius 3 is 2.86 bits per heavy atom. The molecule has 3 nitrogen and oxygen atoms in total. The second kappa shape index (κ2) is 6.65. The topological polar surface area (TPSA) is 29.9 Å². The minimum atomic E-state index is 0.570. The van der Waals surface area contributed by atoms with E-state index in [-0.39, 0.29) is 0 Å². The lowest BCUT2D eigenvalue weighted by molar-refractivity contribution is 0.460. The third kappa shape index (κ3) is 3.31. The second-order valence-corrected chi connectivity index (χ2v) is 6.64. The maximum absolute atomic E-state index is 4.52. The van der Waals surface area contributed by atoms with Crippen molar-refractivity contribution >= 4 is 21.9 Å². The molecule has 0 saturated heterocycles. The smallest absolute Gasteiger partial charge is 0.207 e. The third-order valence-corrected chi connectivity index (χ3v) is 4.75. The van der Waals surface area contributed by atoms with Gasteiger partial charge in [0.1, 0.15) is 0 Å². The van der Waals surface area contributed by atoms with E-state index in [0.717, 1.165) is 16.8 Å². The highest BCUT2D eigenvalue weighted by atomic mass is 79.9. The highest BCUT2D eigenvalue weighted by Crippen LogP contribution is 2.26. The molecule has 3 rings (SSSR count). The molecule has 0 bridgehead atoms. The van der Waals surface area contributed by atoms with E-state index in [9.17, 15) is 0 Å². The monoisotopic (exact) mass is 347 g/mol. The Bertz CT molecular complexity index is 600. The first kappa shape index (κ1) is 14.6. The molecule has 0 radical (unpaired) electrons. The Balaban J connectivity index is 1.88. The van der Waals surface area contributed by atoms with Crippen molar-refractivity contribution in [1.82, 2.24) is 9.55 Å². The fourth-order valence-electron chi connectivity index (χ4n) is 3.11. The fourth-order valence-corrected chi connectivity index (χ4v) is 3.51. The summed E-state index contributed by atoms with van der Waals surface area (Å²) in [6, 6.07) is 7.02. The number of imidazole rings is 1. The molecular weight excluding hydrogens is 326 g/mol. The van der Waals surface area contributed by atoms with Crippen molar-refractivity contribution in [3.8, 4) is 5.69 Å². The first-order valence-corrected chi connectivity index (χ1v) is 8.66. The summed E-state index contributed by atoms with van der Waals surface area (Å²) in [5.74, 6) is 0.971. The van der Waals surface area contributed by atoms with Gasteiger partial charge in [0, 0.05) is 22.9 Å². The summed E-state index contributed by atoms with van der Waals surface area (Å²) in [6.07, 6.45) is 11.5. The molecule has 1 aromatic heterocycles. The Morgan fingerprint density at radius 2 is 2.10 bits per heavy atom. The SMILES string of the molecule is CCc1cc(Br)ccc1-n1ccnc1NC1CCCCC1. The summed E-state index contributed by atoms with van der Waals surface area (Å²) < 4.78 is 3.31. The van der Waals surface area contributed by atoms with E-state index in [1.807, 2.05) is 12.4 Å². The Morgan fingerprint density at radius 1 is 1.29 bits per heavy atom. The van der Waals surface area contributed by atoms with Gasteiger partial charge in [-0.05, 0) is 43.0 Å². The van der Waals surface area contributed by atoms with Crippen LogP contribution in [0.15, 0.2) is 35.1 Å². The highest BCUT2D eigenvalue weighted by Gasteiger charge is 2.16. The van der Waals surface area contributed by atoms with Crippen LogP contribution in [0.5, 0.6) is 0 Å². The van der Waals surface area contributed by atoms with Crippen LogP contribution in [0.3, 0.4) is 0 Å². The number of hydrogen-bond acceptors (Lipinski definition) is 2. The molecule has 1 aliphatic rings. The molecule has 2 aromatic rings. The summed E-state index contributed by atoms with van der Waals surface area (Å²) in [5.41, 5.74) is 2.55. The van der Waals surface area contributed by atoms with Crippen LogP contribution >= 0.6 is 15.9 Å². The molecule has 0 amide bonds. The summed E-state index contributed by atoms with van der Waals surface area (Å²) in [7, 11) is 0. The first-order chi connectivity index (χ1) is 10.3. The number of hydrogen-bond donors (Lipinski definition) is 1. The van der Waals surface area contributed by atoms with Crippen LogP contribution in [-0.2, 0) is 6.42 Å². The van der Waals surface area contributed by atoms with Crippen LogP contribution in [0.1, 0.15) is 44.6 Å². The summed E-state index contributed by atoms with van der Waals surface area (Å²) in [4.78, 5) is 4.52. The van der Waals surface area contributed by atoms with Gasteiger partial charge in [0.2, 0.25) is 5.95 Å². The molecule has 1 saturated carbocycles. The van der Waals surface area contributed by atoms with Crippen LogP contribution < -0.4 is 5.32 Å². The zero-order chi connectivity index (χ0) is 14.7. The van der Waals surface area contributed by atoms with Crippen molar-refractivity contribution in [2.45, 2.75) is 51.5 Å². The van der Waals surface area contributed by atoms with E-state index >= 15 is 0 Å². The van der Waals surface area contributed by atoms with Crippen LogP contribution in [0, 0.1) is 0 Å². The van der Waals surface area contributed by atoms with E-state index in [4.69, 9.17) is 0 Å². The van der Waals surface area contributed by atoms with E-state index in [1.165, 1.54) is 43.4 Å². The van der Waals surface area contributed by atoms with Gasteiger partial charge in [0.05, 0.1) is 5.69 Å². The number of nitrogens with zero attached hydrogens (tertiary/aromatic N) is 2. The fraction of sp³-hybridized carbons (Fsp3) is 0.471. The van der Waals surface area contributed by atoms with Gasteiger partial charge in [0.15, 0.2) is 0 Å². The molecule has 1 N–H and O–H groups in total.